The lowest BCUT2D eigenvalue weighted by molar-refractivity contribution is -0.120. The highest BCUT2D eigenvalue weighted by atomic mass is 35.5. The summed E-state index contributed by atoms with van der Waals surface area (Å²) in [7, 11) is 0. The Labute approximate surface area is 93.2 Å². The standard InChI is InChI=1S/C10H11Cl2NO/c1-2-13-10(14)5-7-3-4-8(11)6-9(7)12/h3-4,6H,2,5H2,1H3,(H,13,14). The second kappa shape index (κ2) is 5.23. The third-order valence-electron chi connectivity index (χ3n) is 1.74. The van der Waals surface area contributed by atoms with Crippen molar-refractivity contribution < 1.29 is 4.79 Å². The first-order valence-electron chi connectivity index (χ1n) is 4.34. The van der Waals surface area contributed by atoms with E-state index < -0.39 is 0 Å². The lowest BCUT2D eigenvalue weighted by Crippen LogP contribution is -2.24. The largest absolute Gasteiger partial charge is 0.356 e. The Bertz CT molecular complexity index is 339. The number of halogens is 2. The maximum absolute atomic E-state index is 11.2. The molecule has 0 aliphatic rings. The quantitative estimate of drug-likeness (QED) is 0.852. The van der Waals surface area contributed by atoms with Gasteiger partial charge in [-0.1, -0.05) is 29.3 Å². The van der Waals surface area contributed by atoms with Crippen molar-refractivity contribution in [2.75, 3.05) is 6.54 Å². The van der Waals surface area contributed by atoms with Crippen molar-refractivity contribution in [3.8, 4) is 0 Å². The van der Waals surface area contributed by atoms with E-state index in [-0.39, 0.29) is 5.91 Å². The molecule has 0 atom stereocenters. The normalized spacial score (nSPS) is 9.93. The number of benzene rings is 1. The lowest BCUT2D eigenvalue weighted by atomic mass is 10.1. The Kier molecular flexibility index (Phi) is 4.23. The molecule has 0 aromatic heterocycles. The second-order valence-corrected chi connectivity index (χ2v) is 3.71. The number of hydrogen-bond acceptors (Lipinski definition) is 1. The molecule has 0 radical (unpaired) electrons. The molecule has 76 valence electrons. The minimum Gasteiger partial charge on any atom is -0.356 e. The summed E-state index contributed by atoms with van der Waals surface area (Å²) in [5.74, 6) is -0.0308. The molecule has 1 N–H and O–H groups in total. The third-order valence-corrected chi connectivity index (χ3v) is 2.33. The van der Waals surface area contributed by atoms with Gasteiger partial charge in [0.25, 0.3) is 0 Å². The van der Waals surface area contributed by atoms with Crippen molar-refractivity contribution in [2.24, 2.45) is 0 Å². The Hall–Kier alpha value is -0.730. The first kappa shape index (κ1) is 11.3. The molecule has 0 aliphatic heterocycles. The maximum Gasteiger partial charge on any atom is 0.224 e. The van der Waals surface area contributed by atoms with E-state index in [0.29, 0.717) is 23.0 Å². The fourth-order valence-corrected chi connectivity index (χ4v) is 1.57. The van der Waals surface area contributed by atoms with Crippen LogP contribution in [0, 0.1) is 0 Å². The van der Waals surface area contributed by atoms with E-state index in [1.54, 1.807) is 18.2 Å². The fraction of sp³-hybridized carbons (Fsp3) is 0.300. The van der Waals surface area contributed by atoms with Crippen LogP contribution in [0.15, 0.2) is 18.2 Å². The maximum atomic E-state index is 11.2. The zero-order valence-electron chi connectivity index (χ0n) is 7.81. The van der Waals surface area contributed by atoms with Crippen LogP contribution in [-0.2, 0) is 11.2 Å². The molecule has 0 spiro atoms. The minimum absolute atomic E-state index is 0.0308. The Balaban J connectivity index is 2.72. The van der Waals surface area contributed by atoms with Gasteiger partial charge in [-0.25, -0.2) is 0 Å². The SMILES string of the molecule is CCNC(=O)Cc1ccc(Cl)cc1Cl. The van der Waals surface area contributed by atoms with Gasteiger partial charge in [0.05, 0.1) is 6.42 Å². The molecule has 0 saturated heterocycles. The van der Waals surface area contributed by atoms with Crippen LogP contribution in [0.1, 0.15) is 12.5 Å². The highest BCUT2D eigenvalue weighted by Crippen LogP contribution is 2.21. The van der Waals surface area contributed by atoms with Crippen LogP contribution in [-0.4, -0.2) is 12.5 Å². The fourth-order valence-electron chi connectivity index (χ4n) is 1.10. The van der Waals surface area contributed by atoms with E-state index in [2.05, 4.69) is 5.32 Å². The molecule has 0 saturated carbocycles. The first-order chi connectivity index (χ1) is 6.63. The van der Waals surface area contributed by atoms with E-state index in [0.717, 1.165) is 5.56 Å². The lowest BCUT2D eigenvalue weighted by Gasteiger charge is -2.04. The van der Waals surface area contributed by atoms with Crippen molar-refractivity contribution in [1.29, 1.82) is 0 Å². The molecule has 4 heteroatoms. The predicted molar refractivity (Wildman–Crippen MR) is 58.8 cm³/mol. The van der Waals surface area contributed by atoms with E-state index in [1.165, 1.54) is 0 Å². The van der Waals surface area contributed by atoms with Gasteiger partial charge < -0.3 is 5.32 Å². The molecule has 1 aromatic carbocycles. The van der Waals surface area contributed by atoms with E-state index in [4.69, 9.17) is 23.2 Å². The number of rotatable bonds is 3. The molecule has 0 unspecified atom stereocenters. The van der Waals surface area contributed by atoms with Crippen molar-refractivity contribution in [1.82, 2.24) is 5.32 Å². The van der Waals surface area contributed by atoms with Crippen LogP contribution in [0.4, 0.5) is 0 Å². The summed E-state index contributed by atoms with van der Waals surface area (Å²) in [4.78, 5) is 11.2. The van der Waals surface area contributed by atoms with E-state index in [1.807, 2.05) is 6.92 Å². The summed E-state index contributed by atoms with van der Waals surface area (Å²) in [5.41, 5.74) is 0.794. The summed E-state index contributed by atoms with van der Waals surface area (Å²) in [6, 6.07) is 5.12. The highest BCUT2D eigenvalue weighted by molar-refractivity contribution is 6.35. The van der Waals surface area contributed by atoms with Crippen molar-refractivity contribution in [3.63, 3.8) is 0 Å². The number of carbonyl (C=O) groups excluding carboxylic acids is 1. The van der Waals surface area contributed by atoms with Crippen LogP contribution in [0.2, 0.25) is 10.0 Å². The van der Waals surface area contributed by atoms with E-state index >= 15 is 0 Å². The van der Waals surface area contributed by atoms with Gasteiger partial charge in [-0.15, -0.1) is 0 Å². The number of nitrogens with one attached hydrogen (secondary N) is 1. The molecule has 14 heavy (non-hydrogen) atoms. The zero-order valence-corrected chi connectivity index (χ0v) is 9.32. The number of carbonyl (C=O) groups is 1. The van der Waals surface area contributed by atoms with Crippen molar-refractivity contribution in [3.05, 3.63) is 33.8 Å². The Morgan fingerprint density at radius 2 is 2.14 bits per heavy atom. The smallest absolute Gasteiger partial charge is 0.224 e. The number of likely N-dealkylation sites (N-methyl/N-ethyl adjacent to an activating group) is 1. The van der Waals surface area contributed by atoms with Crippen LogP contribution >= 0.6 is 23.2 Å². The average Bonchev–Trinajstić information content (AvgIpc) is 2.10. The van der Waals surface area contributed by atoms with Gasteiger partial charge >= 0.3 is 0 Å². The Morgan fingerprint density at radius 3 is 2.71 bits per heavy atom. The van der Waals surface area contributed by atoms with E-state index in [9.17, 15) is 4.79 Å². The zero-order chi connectivity index (χ0) is 10.6. The number of hydrogen-bond donors (Lipinski definition) is 1. The van der Waals surface area contributed by atoms with Gasteiger partial charge in [0.1, 0.15) is 0 Å². The molecule has 1 rings (SSSR count). The van der Waals surface area contributed by atoms with Crippen molar-refractivity contribution in [2.45, 2.75) is 13.3 Å². The first-order valence-corrected chi connectivity index (χ1v) is 5.09. The topological polar surface area (TPSA) is 29.1 Å². The molecule has 1 aromatic rings. The molecule has 0 fully saturated rings. The Morgan fingerprint density at radius 1 is 1.43 bits per heavy atom. The number of amides is 1. The average molecular weight is 232 g/mol. The molecule has 2 nitrogen and oxygen atoms in total. The summed E-state index contributed by atoms with van der Waals surface area (Å²) in [6.07, 6.45) is 0.295. The molecule has 0 heterocycles. The van der Waals surface area contributed by atoms with Gasteiger partial charge in [0.2, 0.25) is 5.91 Å². The van der Waals surface area contributed by atoms with Gasteiger partial charge in [-0.2, -0.15) is 0 Å². The van der Waals surface area contributed by atoms with Crippen LogP contribution < -0.4 is 5.32 Å². The molecule has 0 bridgehead atoms. The second-order valence-electron chi connectivity index (χ2n) is 2.87. The highest BCUT2D eigenvalue weighted by Gasteiger charge is 2.06. The van der Waals surface area contributed by atoms with Gasteiger partial charge in [0, 0.05) is 16.6 Å². The summed E-state index contributed by atoms with van der Waals surface area (Å²) in [6.45, 7) is 2.51. The minimum atomic E-state index is -0.0308. The summed E-state index contributed by atoms with van der Waals surface area (Å²) >= 11 is 11.6. The van der Waals surface area contributed by atoms with Crippen LogP contribution in [0.3, 0.4) is 0 Å². The predicted octanol–water partition coefficient (Wildman–Crippen LogP) is 2.67. The third kappa shape index (κ3) is 3.20. The van der Waals surface area contributed by atoms with Crippen LogP contribution in [0.25, 0.3) is 0 Å². The monoisotopic (exact) mass is 231 g/mol. The van der Waals surface area contributed by atoms with Gasteiger partial charge in [-0.05, 0) is 24.6 Å². The molecular formula is C10H11Cl2NO. The van der Waals surface area contributed by atoms with Gasteiger partial charge in [0.15, 0.2) is 0 Å². The molecular weight excluding hydrogens is 221 g/mol. The summed E-state index contributed by atoms with van der Waals surface area (Å²) < 4.78 is 0. The summed E-state index contributed by atoms with van der Waals surface area (Å²) in [5, 5.41) is 3.81. The van der Waals surface area contributed by atoms with Crippen LogP contribution in [0.5, 0.6) is 0 Å². The van der Waals surface area contributed by atoms with Gasteiger partial charge in [-0.3, -0.25) is 4.79 Å². The van der Waals surface area contributed by atoms with Crippen molar-refractivity contribution >= 4 is 29.1 Å². The molecule has 0 aliphatic carbocycles. The molecule has 1 amide bonds.